The first-order valence-electron chi connectivity index (χ1n) is 8.14. The van der Waals surface area contributed by atoms with Gasteiger partial charge in [0.15, 0.2) is 11.0 Å². The number of aryl methyl sites for hydroxylation is 1. The first kappa shape index (κ1) is 16.5. The Morgan fingerprint density at radius 2 is 1.88 bits per heavy atom. The zero-order valence-electron chi connectivity index (χ0n) is 13.9. The van der Waals surface area contributed by atoms with Crippen LogP contribution in [0.5, 0.6) is 5.75 Å². The second kappa shape index (κ2) is 7.01. The standard InChI is InChI=1S/C19H22FN2O2/c1-3-21-14(2)22(19-7-5-4-6-18(19)21)12-16(23)13-24-17-10-8-15(20)9-11-17/h4-11,16,23H,3,12-13H2,1-2H3/q+1/t16-/m0/s1. The second-order valence-corrected chi connectivity index (χ2v) is 5.81. The van der Waals surface area contributed by atoms with Crippen LogP contribution >= 0.6 is 0 Å². The molecular weight excluding hydrogens is 307 g/mol. The summed E-state index contributed by atoms with van der Waals surface area (Å²) in [5.41, 5.74) is 2.25. The molecular formula is C19H22FN2O2+. The number of imidazole rings is 1. The first-order chi connectivity index (χ1) is 11.6. The number of hydrogen-bond acceptors (Lipinski definition) is 2. The van der Waals surface area contributed by atoms with E-state index >= 15 is 0 Å². The number of aliphatic hydroxyl groups is 1. The molecule has 2 aromatic carbocycles. The molecule has 4 nitrogen and oxygen atoms in total. The third-order valence-electron chi connectivity index (χ3n) is 4.21. The van der Waals surface area contributed by atoms with E-state index in [-0.39, 0.29) is 12.4 Å². The topological polar surface area (TPSA) is 38.3 Å². The minimum absolute atomic E-state index is 0.156. The predicted octanol–water partition coefficient (Wildman–Crippen LogP) is 2.84. The predicted molar refractivity (Wildman–Crippen MR) is 90.4 cm³/mol. The van der Waals surface area contributed by atoms with Crippen LogP contribution < -0.4 is 9.30 Å². The molecule has 5 heteroatoms. The number of hydrogen-bond donors (Lipinski definition) is 1. The largest absolute Gasteiger partial charge is 0.491 e. The van der Waals surface area contributed by atoms with Crippen LogP contribution in [0.2, 0.25) is 0 Å². The fourth-order valence-corrected chi connectivity index (χ4v) is 3.03. The highest BCUT2D eigenvalue weighted by atomic mass is 19.1. The molecule has 1 aromatic heterocycles. The molecule has 1 N–H and O–H groups in total. The van der Waals surface area contributed by atoms with Crippen molar-refractivity contribution in [2.24, 2.45) is 0 Å². The Bertz CT molecular complexity index is 827. The third-order valence-corrected chi connectivity index (χ3v) is 4.21. The summed E-state index contributed by atoms with van der Waals surface area (Å²) in [6.45, 7) is 5.64. The molecule has 0 saturated heterocycles. The summed E-state index contributed by atoms with van der Waals surface area (Å²) < 4.78 is 22.8. The summed E-state index contributed by atoms with van der Waals surface area (Å²) >= 11 is 0. The summed E-state index contributed by atoms with van der Waals surface area (Å²) in [5.74, 6) is 1.34. The maximum absolute atomic E-state index is 12.9. The van der Waals surface area contributed by atoms with E-state index < -0.39 is 6.10 Å². The van der Waals surface area contributed by atoms with E-state index in [9.17, 15) is 9.50 Å². The van der Waals surface area contributed by atoms with E-state index in [1.165, 1.54) is 12.1 Å². The molecule has 0 amide bonds. The van der Waals surface area contributed by atoms with Gasteiger partial charge in [0.2, 0.25) is 0 Å². The lowest BCUT2D eigenvalue weighted by Crippen LogP contribution is -2.44. The molecule has 0 unspecified atom stereocenters. The van der Waals surface area contributed by atoms with Crippen LogP contribution in [0.1, 0.15) is 12.7 Å². The number of rotatable bonds is 6. The Morgan fingerprint density at radius 3 is 2.58 bits per heavy atom. The smallest absolute Gasteiger partial charge is 0.254 e. The fraction of sp³-hybridized carbons (Fsp3) is 0.316. The van der Waals surface area contributed by atoms with Crippen LogP contribution in [-0.4, -0.2) is 22.4 Å². The van der Waals surface area contributed by atoms with Gasteiger partial charge in [-0.05, 0) is 43.3 Å². The summed E-state index contributed by atoms with van der Waals surface area (Å²) in [4.78, 5) is 0. The minimum Gasteiger partial charge on any atom is -0.491 e. The highest BCUT2D eigenvalue weighted by Crippen LogP contribution is 2.15. The van der Waals surface area contributed by atoms with Gasteiger partial charge >= 0.3 is 0 Å². The average molecular weight is 329 g/mol. The Kier molecular flexibility index (Phi) is 4.81. The fourth-order valence-electron chi connectivity index (χ4n) is 3.03. The zero-order valence-corrected chi connectivity index (χ0v) is 13.9. The van der Waals surface area contributed by atoms with Gasteiger partial charge in [0.25, 0.3) is 5.82 Å². The Hall–Kier alpha value is -2.40. The molecule has 0 aliphatic carbocycles. The molecule has 0 bridgehead atoms. The Morgan fingerprint density at radius 1 is 1.17 bits per heavy atom. The van der Waals surface area contributed by atoms with Crippen molar-refractivity contribution in [2.75, 3.05) is 6.61 Å². The second-order valence-electron chi connectivity index (χ2n) is 5.81. The third kappa shape index (κ3) is 3.26. The van der Waals surface area contributed by atoms with Gasteiger partial charge in [-0.3, -0.25) is 0 Å². The molecule has 3 aromatic rings. The van der Waals surface area contributed by atoms with Gasteiger partial charge in [0.1, 0.15) is 30.8 Å². The lowest BCUT2D eigenvalue weighted by atomic mass is 10.3. The lowest BCUT2D eigenvalue weighted by molar-refractivity contribution is -0.685. The molecule has 3 rings (SSSR count). The van der Waals surface area contributed by atoms with Crippen molar-refractivity contribution in [1.82, 2.24) is 4.57 Å². The van der Waals surface area contributed by atoms with Gasteiger partial charge in [-0.25, -0.2) is 13.5 Å². The van der Waals surface area contributed by atoms with Crippen molar-refractivity contribution >= 4 is 11.0 Å². The van der Waals surface area contributed by atoms with E-state index in [4.69, 9.17) is 4.74 Å². The van der Waals surface area contributed by atoms with E-state index in [2.05, 4.69) is 35.1 Å². The molecule has 126 valence electrons. The van der Waals surface area contributed by atoms with Gasteiger partial charge in [0, 0.05) is 6.92 Å². The monoisotopic (exact) mass is 329 g/mol. The van der Waals surface area contributed by atoms with Crippen LogP contribution in [-0.2, 0) is 13.1 Å². The van der Waals surface area contributed by atoms with Crippen molar-refractivity contribution < 1.29 is 18.8 Å². The summed E-state index contributed by atoms with van der Waals surface area (Å²) in [6, 6.07) is 14.0. The molecule has 1 atom stereocenters. The molecule has 0 saturated carbocycles. The maximum Gasteiger partial charge on any atom is 0.254 e. The first-order valence-corrected chi connectivity index (χ1v) is 8.14. The highest BCUT2D eigenvalue weighted by Gasteiger charge is 2.22. The number of benzene rings is 2. The van der Waals surface area contributed by atoms with Gasteiger partial charge in [0.05, 0.1) is 6.54 Å². The number of halogens is 1. The SMILES string of the molecule is CCn1c(C)[n+](C[C@H](O)COc2ccc(F)cc2)c2ccccc21. The molecule has 0 aliphatic heterocycles. The number of aromatic nitrogens is 2. The van der Waals surface area contributed by atoms with E-state index in [1.54, 1.807) is 12.1 Å². The molecule has 0 radical (unpaired) electrons. The lowest BCUT2D eigenvalue weighted by Gasteiger charge is -2.11. The Balaban J connectivity index is 1.74. The molecule has 0 fully saturated rings. The molecule has 1 heterocycles. The normalized spacial score (nSPS) is 12.5. The van der Waals surface area contributed by atoms with E-state index in [1.807, 2.05) is 12.1 Å². The van der Waals surface area contributed by atoms with Gasteiger partial charge < -0.3 is 9.84 Å². The van der Waals surface area contributed by atoms with Crippen LogP contribution in [0.4, 0.5) is 4.39 Å². The van der Waals surface area contributed by atoms with Crippen molar-refractivity contribution in [3.05, 3.63) is 60.2 Å². The van der Waals surface area contributed by atoms with E-state index in [0.29, 0.717) is 12.3 Å². The van der Waals surface area contributed by atoms with Crippen molar-refractivity contribution in [3.63, 3.8) is 0 Å². The van der Waals surface area contributed by atoms with Gasteiger partial charge in [-0.1, -0.05) is 12.1 Å². The zero-order chi connectivity index (χ0) is 17.1. The number of nitrogens with zero attached hydrogens (tertiary/aromatic N) is 2. The van der Waals surface area contributed by atoms with Crippen LogP contribution in [0.15, 0.2) is 48.5 Å². The van der Waals surface area contributed by atoms with Crippen LogP contribution in [0.3, 0.4) is 0 Å². The highest BCUT2D eigenvalue weighted by molar-refractivity contribution is 5.72. The number of fused-ring (bicyclic) bond motifs is 1. The Labute approximate surface area is 140 Å². The molecule has 0 aliphatic rings. The summed E-state index contributed by atoms with van der Waals surface area (Å²) in [6.07, 6.45) is -0.658. The molecule has 0 spiro atoms. The number of para-hydroxylation sites is 2. The van der Waals surface area contributed by atoms with Crippen molar-refractivity contribution in [2.45, 2.75) is 33.0 Å². The average Bonchev–Trinajstić information content (AvgIpc) is 2.86. The maximum atomic E-state index is 12.9. The number of ether oxygens (including phenoxy) is 1. The van der Waals surface area contributed by atoms with Gasteiger partial charge in [-0.2, -0.15) is 0 Å². The van der Waals surface area contributed by atoms with Crippen molar-refractivity contribution in [1.29, 1.82) is 0 Å². The summed E-state index contributed by atoms with van der Waals surface area (Å²) in [7, 11) is 0. The minimum atomic E-state index is -0.658. The van der Waals surface area contributed by atoms with Crippen LogP contribution in [0.25, 0.3) is 11.0 Å². The van der Waals surface area contributed by atoms with E-state index in [0.717, 1.165) is 23.4 Å². The van der Waals surface area contributed by atoms with Gasteiger partial charge in [-0.15, -0.1) is 0 Å². The quantitative estimate of drug-likeness (QED) is 0.706. The summed E-state index contributed by atoms with van der Waals surface area (Å²) in [5, 5.41) is 10.4. The number of aliphatic hydroxyl groups excluding tert-OH is 1. The molecule has 24 heavy (non-hydrogen) atoms. The van der Waals surface area contributed by atoms with Crippen LogP contribution in [0, 0.1) is 12.7 Å². The van der Waals surface area contributed by atoms with Crippen molar-refractivity contribution in [3.8, 4) is 5.75 Å².